The lowest BCUT2D eigenvalue weighted by atomic mass is 9.95. The third-order valence-corrected chi connectivity index (χ3v) is 5.44. The molecule has 1 aliphatic heterocycles. The highest BCUT2D eigenvalue weighted by Crippen LogP contribution is 2.22. The first-order chi connectivity index (χ1) is 14.7. The molecule has 2 aromatic carbocycles. The van der Waals surface area contributed by atoms with E-state index in [1.54, 1.807) is 29.2 Å². The second-order valence-corrected chi connectivity index (χ2v) is 9.08. The first-order valence-electron chi connectivity index (χ1n) is 10.8. The lowest BCUT2D eigenvalue weighted by Crippen LogP contribution is -2.45. The molecule has 6 nitrogen and oxygen atoms in total. The van der Waals surface area contributed by atoms with Crippen LogP contribution >= 0.6 is 0 Å². The van der Waals surface area contributed by atoms with Crippen LogP contribution in [0.1, 0.15) is 49.5 Å². The molecule has 1 aliphatic rings. The van der Waals surface area contributed by atoms with Crippen LogP contribution in [0.4, 0.5) is 5.69 Å². The Labute approximate surface area is 184 Å². The lowest BCUT2D eigenvalue weighted by Gasteiger charge is -2.32. The molecule has 0 aromatic heterocycles. The monoisotopic (exact) mass is 421 g/mol. The summed E-state index contributed by atoms with van der Waals surface area (Å²) < 4.78 is 0. The highest BCUT2D eigenvalue weighted by molar-refractivity contribution is 5.98. The second-order valence-electron chi connectivity index (χ2n) is 9.08. The summed E-state index contributed by atoms with van der Waals surface area (Å²) in [5.41, 5.74) is 1.64. The first kappa shape index (κ1) is 22.5. The first-order valence-corrected chi connectivity index (χ1v) is 10.8. The van der Waals surface area contributed by atoms with Gasteiger partial charge in [-0.3, -0.25) is 14.4 Å². The summed E-state index contributed by atoms with van der Waals surface area (Å²) in [5.74, 6) is -0.463. The van der Waals surface area contributed by atoms with Gasteiger partial charge in [-0.2, -0.15) is 0 Å². The number of hydrogen-bond donors (Lipinski definition) is 2. The number of nitrogens with one attached hydrogen (secondary N) is 2. The summed E-state index contributed by atoms with van der Waals surface area (Å²) in [4.78, 5) is 39.7. The van der Waals surface area contributed by atoms with Crippen LogP contribution in [-0.4, -0.2) is 35.7 Å². The molecule has 1 saturated heterocycles. The van der Waals surface area contributed by atoms with Gasteiger partial charge in [-0.05, 0) is 36.6 Å². The zero-order valence-corrected chi connectivity index (χ0v) is 18.5. The fraction of sp³-hybridized carbons (Fsp3) is 0.400. The number of nitrogens with zero attached hydrogens (tertiary/aromatic N) is 1. The van der Waals surface area contributed by atoms with Crippen molar-refractivity contribution < 1.29 is 14.4 Å². The smallest absolute Gasteiger partial charge is 0.253 e. The van der Waals surface area contributed by atoms with Gasteiger partial charge in [-0.1, -0.05) is 57.2 Å². The molecule has 31 heavy (non-hydrogen) atoms. The molecule has 1 unspecified atom stereocenters. The van der Waals surface area contributed by atoms with Crippen LogP contribution in [-0.2, 0) is 16.1 Å². The molecule has 6 heteroatoms. The van der Waals surface area contributed by atoms with Crippen molar-refractivity contribution in [2.24, 2.45) is 11.3 Å². The van der Waals surface area contributed by atoms with Gasteiger partial charge in [-0.15, -0.1) is 0 Å². The average molecular weight is 422 g/mol. The van der Waals surface area contributed by atoms with E-state index >= 15 is 0 Å². The molecule has 1 fully saturated rings. The summed E-state index contributed by atoms with van der Waals surface area (Å²) in [6, 6.07) is 16.8. The Balaban J connectivity index is 1.61. The Morgan fingerprint density at radius 3 is 2.48 bits per heavy atom. The van der Waals surface area contributed by atoms with Gasteiger partial charge in [0.2, 0.25) is 11.8 Å². The van der Waals surface area contributed by atoms with E-state index < -0.39 is 5.41 Å². The van der Waals surface area contributed by atoms with Crippen LogP contribution in [0, 0.1) is 11.3 Å². The van der Waals surface area contributed by atoms with Gasteiger partial charge in [0.05, 0.1) is 5.92 Å². The van der Waals surface area contributed by atoms with Gasteiger partial charge >= 0.3 is 0 Å². The highest BCUT2D eigenvalue weighted by Gasteiger charge is 2.29. The van der Waals surface area contributed by atoms with Crippen LogP contribution in [0.3, 0.4) is 0 Å². The number of likely N-dealkylation sites (tertiary alicyclic amines) is 1. The van der Waals surface area contributed by atoms with Gasteiger partial charge in [-0.25, -0.2) is 0 Å². The Bertz CT molecular complexity index is 935. The van der Waals surface area contributed by atoms with Crippen molar-refractivity contribution in [2.75, 3.05) is 18.4 Å². The zero-order valence-electron chi connectivity index (χ0n) is 18.5. The third kappa shape index (κ3) is 6.17. The van der Waals surface area contributed by atoms with Crippen LogP contribution < -0.4 is 10.6 Å². The molecular formula is C25H31N3O3. The number of benzene rings is 2. The van der Waals surface area contributed by atoms with Crippen molar-refractivity contribution in [3.8, 4) is 0 Å². The van der Waals surface area contributed by atoms with Gasteiger partial charge in [0, 0.05) is 36.3 Å². The standard InChI is InChI=1S/C25H31N3O3/c1-25(2,3)24(31)27-21-13-7-11-19(15-21)23(30)28-14-8-12-20(17-28)22(29)26-16-18-9-5-4-6-10-18/h4-7,9-11,13,15,20H,8,12,14,16-17H2,1-3H3,(H,26,29)(H,27,31). The molecule has 1 heterocycles. The predicted molar refractivity (Wildman–Crippen MR) is 121 cm³/mol. The van der Waals surface area contributed by atoms with Crippen molar-refractivity contribution in [3.05, 3.63) is 65.7 Å². The molecule has 0 aliphatic carbocycles. The second kappa shape index (κ2) is 9.77. The van der Waals surface area contributed by atoms with E-state index in [9.17, 15) is 14.4 Å². The Kier molecular flexibility index (Phi) is 7.10. The lowest BCUT2D eigenvalue weighted by molar-refractivity contribution is -0.126. The fourth-order valence-electron chi connectivity index (χ4n) is 3.54. The van der Waals surface area contributed by atoms with E-state index in [2.05, 4.69) is 10.6 Å². The van der Waals surface area contributed by atoms with Gasteiger partial charge in [0.15, 0.2) is 0 Å². The van der Waals surface area contributed by atoms with Crippen LogP contribution in [0.5, 0.6) is 0 Å². The molecular weight excluding hydrogens is 390 g/mol. The molecule has 0 radical (unpaired) electrons. The van der Waals surface area contributed by atoms with E-state index in [0.717, 1.165) is 18.4 Å². The number of rotatable bonds is 5. The molecule has 1 atom stereocenters. The quantitative estimate of drug-likeness (QED) is 0.770. The number of anilines is 1. The van der Waals surface area contributed by atoms with Crippen molar-refractivity contribution in [1.82, 2.24) is 10.2 Å². The minimum atomic E-state index is -0.521. The SMILES string of the molecule is CC(C)(C)C(=O)Nc1cccc(C(=O)N2CCCC(C(=O)NCc3ccccc3)C2)c1. The van der Waals surface area contributed by atoms with Crippen molar-refractivity contribution >= 4 is 23.4 Å². The number of carbonyl (C=O) groups is 3. The van der Waals surface area contributed by atoms with Crippen molar-refractivity contribution in [1.29, 1.82) is 0 Å². The van der Waals surface area contributed by atoms with Crippen molar-refractivity contribution in [2.45, 2.75) is 40.2 Å². The molecule has 0 spiro atoms. The molecule has 0 saturated carbocycles. The minimum absolute atomic E-state index is 0.0208. The summed E-state index contributed by atoms with van der Waals surface area (Å²) >= 11 is 0. The fourth-order valence-corrected chi connectivity index (χ4v) is 3.54. The Morgan fingerprint density at radius 1 is 1.03 bits per heavy atom. The van der Waals surface area contributed by atoms with Gasteiger partial charge in [0.25, 0.3) is 5.91 Å². The van der Waals surface area contributed by atoms with Gasteiger partial charge < -0.3 is 15.5 Å². The molecule has 164 valence electrons. The highest BCUT2D eigenvalue weighted by atomic mass is 16.2. The predicted octanol–water partition coefficient (Wildman–Crippen LogP) is 3.84. The van der Waals surface area contributed by atoms with Crippen molar-refractivity contribution in [3.63, 3.8) is 0 Å². The van der Waals surface area contributed by atoms with E-state index in [4.69, 9.17) is 0 Å². The topological polar surface area (TPSA) is 78.5 Å². The number of hydrogen-bond acceptors (Lipinski definition) is 3. The summed E-state index contributed by atoms with van der Waals surface area (Å²) in [6.07, 6.45) is 1.56. The molecule has 2 N–H and O–H groups in total. The maximum atomic E-state index is 13.1. The zero-order chi connectivity index (χ0) is 22.4. The van der Waals surface area contributed by atoms with Gasteiger partial charge in [0.1, 0.15) is 0 Å². The van der Waals surface area contributed by atoms with E-state index in [1.807, 2.05) is 51.1 Å². The van der Waals surface area contributed by atoms with E-state index in [-0.39, 0.29) is 23.6 Å². The largest absolute Gasteiger partial charge is 0.352 e. The van der Waals surface area contributed by atoms with Crippen LogP contribution in [0.25, 0.3) is 0 Å². The maximum absolute atomic E-state index is 13.1. The molecule has 3 amide bonds. The molecule has 3 rings (SSSR count). The van der Waals surface area contributed by atoms with Crippen LogP contribution in [0.2, 0.25) is 0 Å². The summed E-state index contributed by atoms with van der Waals surface area (Å²) in [7, 11) is 0. The minimum Gasteiger partial charge on any atom is -0.352 e. The Hall–Kier alpha value is -3.15. The van der Waals surface area contributed by atoms with E-state index in [0.29, 0.717) is 30.9 Å². The number of piperidine rings is 1. The maximum Gasteiger partial charge on any atom is 0.253 e. The molecule has 2 aromatic rings. The third-order valence-electron chi connectivity index (χ3n) is 5.44. The normalized spacial score (nSPS) is 16.5. The summed E-state index contributed by atoms with van der Waals surface area (Å²) in [5, 5.41) is 5.85. The van der Waals surface area contributed by atoms with E-state index in [1.165, 1.54) is 0 Å². The summed E-state index contributed by atoms with van der Waals surface area (Å²) in [6.45, 7) is 7.04. The Morgan fingerprint density at radius 2 is 1.77 bits per heavy atom. The number of amides is 3. The number of carbonyl (C=O) groups excluding carboxylic acids is 3. The molecule has 0 bridgehead atoms. The average Bonchev–Trinajstić information content (AvgIpc) is 2.77. The van der Waals surface area contributed by atoms with Crippen LogP contribution in [0.15, 0.2) is 54.6 Å².